The van der Waals surface area contributed by atoms with Crippen LogP contribution in [-0.2, 0) is 0 Å². The summed E-state index contributed by atoms with van der Waals surface area (Å²) < 4.78 is 0. The molecule has 0 aliphatic heterocycles. The normalized spacial score (nSPS) is 12.3. The van der Waals surface area contributed by atoms with Gasteiger partial charge in [0.15, 0.2) is 0 Å². The summed E-state index contributed by atoms with van der Waals surface area (Å²) in [5.74, 6) is 0. The molecule has 0 aromatic carbocycles. The molecule has 1 aromatic rings. The zero-order chi connectivity index (χ0) is 11.6. The smallest absolute Gasteiger partial charge is 0.0861 e. The number of aryl methyl sites for hydroxylation is 2. The summed E-state index contributed by atoms with van der Waals surface area (Å²) in [6.07, 6.45) is 4.14. The lowest BCUT2D eigenvalue weighted by Gasteiger charge is -2.12. The van der Waals surface area contributed by atoms with Crippen LogP contribution in [0.3, 0.4) is 0 Å². The number of pyridine rings is 1. The minimum absolute atomic E-state index is 0.159. The summed E-state index contributed by atoms with van der Waals surface area (Å²) in [5.41, 5.74) is 9.88. The third-order valence-electron chi connectivity index (χ3n) is 2.16. The number of nitrogen functional groups attached to an aromatic ring is 1. The summed E-state index contributed by atoms with van der Waals surface area (Å²) in [7, 11) is 0. The number of anilines is 1. The molecule has 15 heavy (non-hydrogen) atoms. The van der Waals surface area contributed by atoms with E-state index >= 15 is 0 Å². The highest BCUT2D eigenvalue weighted by Crippen LogP contribution is 2.21. The van der Waals surface area contributed by atoms with Gasteiger partial charge in [0.25, 0.3) is 0 Å². The van der Waals surface area contributed by atoms with E-state index in [2.05, 4.69) is 31.8 Å². The molecule has 0 fully saturated rings. The van der Waals surface area contributed by atoms with Gasteiger partial charge < -0.3 is 5.73 Å². The van der Waals surface area contributed by atoms with E-state index in [1.165, 1.54) is 0 Å². The third-order valence-corrected chi connectivity index (χ3v) is 2.16. The first-order chi connectivity index (χ1) is 6.79. The molecule has 0 bridgehead atoms. The van der Waals surface area contributed by atoms with E-state index in [9.17, 15) is 0 Å². The summed E-state index contributed by atoms with van der Waals surface area (Å²) in [4.78, 5) is 4.42. The maximum Gasteiger partial charge on any atom is 0.0861 e. The van der Waals surface area contributed by atoms with Crippen molar-refractivity contribution in [3.8, 4) is 0 Å². The van der Waals surface area contributed by atoms with Crippen LogP contribution >= 0.6 is 0 Å². The molecule has 1 heterocycles. The number of aromatic nitrogens is 1. The van der Waals surface area contributed by atoms with Crippen LogP contribution in [-0.4, -0.2) is 4.98 Å². The Kier molecular flexibility index (Phi) is 3.18. The minimum atomic E-state index is 0.159. The number of allylic oxidation sites excluding steroid dienone is 1. The van der Waals surface area contributed by atoms with Crippen LogP contribution in [0.4, 0.5) is 5.69 Å². The fourth-order valence-electron chi connectivity index (χ4n) is 1.33. The van der Waals surface area contributed by atoms with Crippen molar-refractivity contribution in [1.29, 1.82) is 0 Å². The van der Waals surface area contributed by atoms with Gasteiger partial charge in [0.2, 0.25) is 0 Å². The number of nitrogens with zero attached hydrogens (tertiary/aromatic N) is 1. The second kappa shape index (κ2) is 4.05. The van der Waals surface area contributed by atoms with Gasteiger partial charge in [0.1, 0.15) is 0 Å². The molecule has 0 saturated heterocycles. The summed E-state index contributed by atoms with van der Waals surface area (Å²) >= 11 is 0. The Morgan fingerprint density at radius 2 is 1.87 bits per heavy atom. The Morgan fingerprint density at radius 3 is 2.40 bits per heavy atom. The fourth-order valence-corrected chi connectivity index (χ4v) is 1.33. The van der Waals surface area contributed by atoms with E-state index in [1.807, 2.05) is 26.0 Å². The molecule has 1 rings (SSSR count). The SMILES string of the molecule is Cc1cc(C)c(N)c(/C=C/C(C)(C)C)n1. The summed E-state index contributed by atoms with van der Waals surface area (Å²) in [5, 5.41) is 0. The number of rotatable bonds is 1. The Bertz CT molecular complexity index is 384. The largest absolute Gasteiger partial charge is 0.397 e. The molecule has 0 aliphatic carbocycles. The van der Waals surface area contributed by atoms with E-state index in [4.69, 9.17) is 5.73 Å². The van der Waals surface area contributed by atoms with Crippen LogP contribution in [0.5, 0.6) is 0 Å². The second-order valence-electron chi connectivity index (χ2n) is 5.08. The first-order valence-corrected chi connectivity index (χ1v) is 5.22. The molecule has 0 unspecified atom stereocenters. The van der Waals surface area contributed by atoms with Crippen molar-refractivity contribution >= 4 is 11.8 Å². The molecule has 0 saturated carbocycles. The molecule has 2 N–H and O–H groups in total. The van der Waals surface area contributed by atoms with Gasteiger partial charge in [-0.1, -0.05) is 26.8 Å². The van der Waals surface area contributed by atoms with E-state index < -0.39 is 0 Å². The highest BCUT2D eigenvalue weighted by Gasteiger charge is 2.06. The van der Waals surface area contributed by atoms with Crippen molar-refractivity contribution in [3.05, 3.63) is 29.1 Å². The van der Waals surface area contributed by atoms with Crippen molar-refractivity contribution in [2.45, 2.75) is 34.6 Å². The number of hydrogen-bond donors (Lipinski definition) is 1. The lowest BCUT2D eigenvalue weighted by molar-refractivity contribution is 0.547. The fraction of sp³-hybridized carbons (Fsp3) is 0.462. The van der Waals surface area contributed by atoms with Crippen molar-refractivity contribution in [3.63, 3.8) is 0 Å². The van der Waals surface area contributed by atoms with E-state index in [-0.39, 0.29) is 5.41 Å². The highest BCUT2D eigenvalue weighted by molar-refractivity contribution is 5.64. The average Bonchev–Trinajstić information content (AvgIpc) is 2.07. The van der Waals surface area contributed by atoms with Crippen molar-refractivity contribution in [1.82, 2.24) is 4.98 Å². The van der Waals surface area contributed by atoms with Gasteiger partial charge in [-0.15, -0.1) is 0 Å². The molecule has 0 spiro atoms. The first kappa shape index (κ1) is 11.8. The van der Waals surface area contributed by atoms with Crippen LogP contribution < -0.4 is 5.73 Å². The first-order valence-electron chi connectivity index (χ1n) is 5.22. The Hall–Kier alpha value is -1.31. The topological polar surface area (TPSA) is 38.9 Å². The van der Waals surface area contributed by atoms with Crippen molar-refractivity contribution in [2.24, 2.45) is 5.41 Å². The Morgan fingerprint density at radius 1 is 1.27 bits per heavy atom. The standard InChI is InChI=1S/C13H20N2/c1-9-8-10(2)15-11(12(9)14)6-7-13(3,4)5/h6-8H,14H2,1-5H3/b7-6+. The lowest BCUT2D eigenvalue weighted by atomic mass is 9.95. The molecule has 82 valence electrons. The predicted molar refractivity (Wildman–Crippen MR) is 66.6 cm³/mol. The third kappa shape index (κ3) is 3.39. The van der Waals surface area contributed by atoms with Crippen LogP contribution in [0.1, 0.15) is 37.7 Å². The van der Waals surface area contributed by atoms with Crippen LogP contribution in [0.25, 0.3) is 6.08 Å². The monoisotopic (exact) mass is 204 g/mol. The molecule has 2 nitrogen and oxygen atoms in total. The Labute approximate surface area is 92.2 Å². The van der Waals surface area contributed by atoms with Gasteiger partial charge in [-0.3, -0.25) is 4.98 Å². The molecule has 2 heteroatoms. The van der Waals surface area contributed by atoms with Crippen LogP contribution in [0.15, 0.2) is 12.1 Å². The van der Waals surface area contributed by atoms with Gasteiger partial charge in [-0.25, -0.2) is 0 Å². The zero-order valence-corrected chi connectivity index (χ0v) is 10.3. The zero-order valence-electron chi connectivity index (χ0n) is 10.3. The lowest BCUT2D eigenvalue weighted by Crippen LogP contribution is -2.01. The summed E-state index contributed by atoms with van der Waals surface area (Å²) in [6, 6.07) is 2.00. The molecule has 0 amide bonds. The maximum absolute atomic E-state index is 5.97. The summed E-state index contributed by atoms with van der Waals surface area (Å²) in [6.45, 7) is 10.5. The van der Waals surface area contributed by atoms with Gasteiger partial charge in [-0.05, 0) is 37.0 Å². The molecule has 0 atom stereocenters. The van der Waals surface area contributed by atoms with Crippen molar-refractivity contribution in [2.75, 3.05) is 5.73 Å². The Balaban J connectivity index is 3.10. The van der Waals surface area contributed by atoms with Gasteiger partial charge in [-0.2, -0.15) is 0 Å². The van der Waals surface area contributed by atoms with Gasteiger partial charge in [0.05, 0.1) is 11.4 Å². The van der Waals surface area contributed by atoms with Gasteiger partial charge in [0, 0.05) is 5.69 Å². The van der Waals surface area contributed by atoms with E-state index in [0.717, 1.165) is 22.6 Å². The van der Waals surface area contributed by atoms with E-state index in [1.54, 1.807) is 0 Å². The number of nitrogens with two attached hydrogens (primary N) is 1. The average molecular weight is 204 g/mol. The minimum Gasteiger partial charge on any atom is -0.397 e. The quantitative estimate of drug-likeness (QED) is 0.762. The van der Waals surface area contributed by atoms with Crippen LogP contribution in [0.2, 0.25) is 0 Å². The molecule has 0 aliphatic rings. The number of hydrogen-bond acceptors (Lipinski definition) is 2. The van der Waals surface area contributed by atoms with Crippen molar-refractivity contribution < 1.29 is 0 Å². The van der Waals surface area contributed by atoms with Crippen LogP contribution in [0, 0.1) is 19.3 Å². The van der Waals surface area contributed by atoms with E-state index in [0.29, 0.717) is 0 Å². The highest BCUT2D eigenvalue weighted by atomic mass is 14.7. The molecule has 1 aromatic heterocycles. The second-order valence-corrected chi connectivity index (χ2v) is 5.08. The molecule has 0 radical (unpaired) electrons. The molecular formula is C13H20N2. The maximum atomic E-state index is 5.97. The predicted octanol–water partition coefficient (Wildman–Crippen LogP) is 3.34. The molecular weight excluding hydrogens is 184 g/mol. The van der Waals surface area contributed by atoms with Gasteiger partial charge >= 0.3 is 0 Å².